The van der Waals surface area contributed by atoms with Crippen LogP contribution in [0.4, 0.5) is 0 Å². The van der Waals surface area contributed by atoms with Gasteiger partial charge in [-0.05, 0) is 30.5 Å². The third-order valence-electron chi connectivity index (χ3n) is 1.85. The van der Waals surface area contributed by atoms with E-state index < -0.39 is 10.1 Å². The molecule has 1 rings (SSSR count). The van der Waals surface area contributed by atoms with Crippen molar-refractivity contribution in [3.05, 3.63) is 36.2 Å². The van der Waals surface area contributed by atoms with Gasteiger partial charge in [0.15, 0.2) is 0 Å². The molecule has 0 spiro atoms. The number of unbranched alkanes of at least 4 members (excludes halogenated alkanes) is 1. The van der Waals surface area contributed by atoms with Crippen molar-refractivity contribution < 1.29 is 13.0 Å². The maximum atomic E-state index is 10.7. The fourth-order valence-corrected chi connectivity index (χ4v) is 1.57. The molecular formula is C10H13O3S. The molecule has 77 valence electrons. The van der Waals surface area contributed by atoms with E-state index >= 15 is 0 Å². The van der Waals surface area contributed by atoms with E-state index in [4.69, 9.17) is 4.55 Å². The lowest BCUT2D eigenvalue weighted by Crippen LogP contribution is -1.97. The Labute approximate surface area is 84.5 Å². The molecule has 0 saturated heterocycles. The van der Waals surface area contributed by atoms with Gasteiger partial charge in [0.05, 0.1) is 4.90 Å². The van der Waals surface area contributed by atoms with Crippen molar-refractivity contribution in [3.63, 3.8) is 0 Å². The van der Waals surface area contributed by atoms with Gasteiger partial charge in [-0.15, -0.1) is 0 Å². The molecule has 3 nitrogen and oxygen atoms in total. The van der Waals surface area contributed by atoms with Gasteiger partial charge < -0.3 is 0 Å². The summed E-state index contributed by atoms with van der Waals surface area (Å²) >= 11 is 0. The monoisotopic (exact) mass is 213 g/mol. The molecule has 1 aromatic rings. The lowest BCUT2D eigenvalue weighted by molar-refractivity contribution is 0.483. The van der Waals surface area contributed by atoms with Gasteiger partial charge >= 0.3 is 0 Å². The quantitative estimate of drug-likeness (QED) is 0.781. The third kappa shape index (κ3) is 3.12. The minimum atomic E-state index is -4.05. The fraction of sp³-hybridized carbons (Fsp3) is 0.300. The van der Waals surface area contributed by atoms with E-state index in [9.17, 15) is 8.42 Å². The van der Waals surface area contributed by atoms with Crippen LogP contribution in [-0.4, -0.2) is 13.0 Å². The second kappa shape index (κ2) is 4.57. The molecule has 0 saturated carbocycles. The van der Waals surface area contributed by atoms with Crippen LogP contribution in [0.25, 0.3) is 0 Å². The van der Waals surface area contributed by atoms with Gasteiger partial charge in [0.1, 0.15) is 0 Å². The van der Waals surface area contributed by atoms with Crippen molar-refractivity contribution in [1.82, 2.24) is 0 Å². The Hall–Kier alpha value is -0.870. The number of hydrogen-bond donors (Lipinski definition) is 1. The van der Waals surface area contributed by atoms with E-state index in [1.165, 1.54) is 12.1 Å². The lowest BCUT2D eigenvalue weighted by Gasteiger charge is -2.00. The Bertz CT molecular complexity index is 378. The molecule has 1 aromatic carbocycles. The first-order valence-electron chi connectivity index (χ1n) is 4.45. The molecule has 1 N–H and O–H groups in total. The standard InChI is InChI=1S/C10H13O3S/c1-2-3-4-9-5-7-10(8-6-9)14(11,12)13/h4-8H,2-3H2,1H3,(H,11,12,13). The van der Waals surface area contributed by atoms with E-state index in [1.54, 1.807) is 12.1 Å². The topological polar surface area (TPSA) is 54.4 Å². The van der Waals surface area contributed by atoms with Crippen molar-refractivity contribution in [1.29, 1.82) is 0 Å². The maximum absolute atomic E-state index is 10.7. The first kappa shape index (κ1) is 11.2. The van der Waals surface area contributed by atoms with Gasteiger partial charge in [-0.2, -0.15) is 8.42 Å². The van der Waals surface area contributed by atoms with Gasteiger partial charge in [0, 0.05) is 0 Å². The van der Waals surface area contributed by atoms with Gasteiger partial charge in [-0.1, -0.05) is 25.5 Å². The van der Waals surface area contributed by atoms with Crippen molar-refractivity contribution in [3.8, 4) is 0 Å². The molecule has 0 amide bonds. The maximum Gasteiger partial charge on any atom is 0.294 e. The van der Waals surface area contributed by atoms with Crippen molar-refractivity contribution in [2.75, 3.05) is 0 Å². The third-order valence-corrected chi connectivity index (χ3v) is 2.71. The van der Waals surface area contributed by atoms with Crippen molar-refractivity contribution >= 4 is 10.1 Å². The summed E-state index contributed by atoms with van der Waals surface area (Å²) in [7, 11) is -4.05. The van der Waals surface area contributed by atoms with E-state index in [1.807, 2.05) is 6.42 Å². The van der Waals surface area contributed by atoms with Crippen LogP contribution in [0.5, 0.6) is 0 Å². The molecule has 1 radical (unpaired) electrons. The average molecular weight is 213 g/mol. The Morgan fingerprint density at radius 3 is 2.29 bits per heavy atom. The SMILES string of the molecule is CCC[CH]c1ccc(S(=O)(=O)O)cc1. The molecule has 0 aliphatic rings. The lowest BCUT2D eigenvalue weighted by atomic mass is 10.1. The first-order valence-corrected chi connectivity index (χ1v) is 5.89. The number of rotatable bonds is 4. The molecule has 0 atom stereocenters. The Balaban J connectivity index is 2.79. The van der Waals surface area contributed by atoms with Crippen LogP contribution in [0, 0.1) is 6.42 Å². The minimum Gasteiger partial charge on any atom is -0.282 e. The molecule has 0 heterocycles. The summed E-state index contributed by atoms with van der Waals surface area (Å²) in [6, 6.07) is 6.16. The number of benzene rings is 1. The van der Waals surface area contributed by atoms with Crippen molar-refractivity contribution in [2.24, 2.45) is 0 Å². The summed E-state index contributed by atoms with van der Waals surface area (Å²) in [6.07, 6.45) is 4.04. The highest BCUT2D eigenvalue weighted by Crippen LogP contribution is 2.12. The minimum absolute atomic E-state index is 0.0638. The summed E-state index contributed by atoms with van der Waals surface area (Å²) in [5.41, 5.74) is 0.972. The second-order valence-electron chi connectivity index (χ2n) is 3.04. The average Bonchev–Trinajstić information content (AvgIpc) is 2.14. The zero-order valence-electron chi connectivity index (χ0n) is 7.97. The van der Waals surface area contributed by atoms with E-state index in [-0.39, 0.29) is 4.90 Å². The molecule has 0 bridgehead atoms. The van der Waals surface area contributed by atoms with Crippen LogP contribution in [0.1, 0.15) is 25.3 Å². The van der Waals surface area contributed by atoms with Crippen LogP contribution in [-0.2, 0) is 10.1 Å². The largest absolute Gasteiger partial charge is 0.294 e. The summed E-state index contributed by atoms with van der Waals surface area (Å²) in [5.74, 6) is 0. The Morgan fingerprint density at radius 1 is 1.29 bits per heavy atom. The van der Waals surface area contributed by atoms with Gasteiger partial charge in [0.2, 0.25) is 0 Å². The summed E-state index contributed by atoms with van der Waals surface area (Å²) in [4.78, 5) is -0.0638. The zero-order valence-corrected chi connectivity index (χ0v) is 8.79. The predicted octanol–water partition coefficient (Wildman–Crippen LogP) is 2.29. The molecule has 0 aromatic heterocycles. The highest BCUT2D eigenvalue weighted by molar-refractivity contribution is 7.85. The fourth-order valence-electron chi connectivity index (χ4n) is 1.09. The molecule has 0 unspecified atom stereocenters. The second-order valence-corrected chi connectivity index (χ2v) is 4.46. The number of hydrogen-bond acceptors (Lipinski definition) is 2. The van der Waals surface area contributed by atoms with Gasteiger partial charge in [-0.25, -0.2) is 0 Å². The molecule has 0 aliphatic carbocycles. The van der Waals surface area contributed by atoms with Crippen molar-refractivity contribution in [2.45, 2.75) is 24.7 Å². The highest BCUT2D eigenvalue weighted by Gasteiger charge is 2.07. The van der Waals surface area contributed by atoms with Crippen LogP contribution in [0.2, 0.25) is 0 Å². The van der Waals surface area contributed by atoms with Crippen LogP contribution in [0.15, 0.2) is 29.2 Å². The zero-order chi connectivity index (χ0) is 10.6. The van der Waals surface area contributed by atoms with Crippen LogP contribution in [0.3, 0.4) is 0 Å². The van der Waals surface area contributed by atoms with E-state index in [0.717, 1.165) is 18.4 Å². The first-order chi connectivity index (χ1) is 6.54. The molecular weight excluding hydrogens is 200 g/mol. The molecule has 14 heavy (non-hydrogen) atoms. The molecule has 0 fully saturated rings. The Morgan fingerprint density at radius 2 is 1.86 bits per heavy atom. The van der Waals surface area contributed by atoms with Gasteiger partial charge in [0.25, 0.3) is 10.1 Å². The normalized spacial score (nSPS) is 11.6. The molecule has 4 heteroatoms. The summed E-state index contributed by atoms with van der Waals surface area (Å²) in [5, 5.41) is 0. The smallest absolute Gasteiger partial charge is 0.282 e. The molecule has 0 aliphatic heterocycles. The van der Waals surface area contributed by atoms with Gasteiger partial charge in [-0.3, -0.25) is 4.55 Å². The highest BCUT2D eigenvalue weighted by atomic mass is 32.2. The Kier molecular flexibility index (Phi) is 3.66. The van der Waals surface area contributed by atoms with Crippen LogP contribution < -0.4 is 0 Å². The summed E-state index contributed by atoms with van der Waals surface area (Å²) < 4.78 is 30.1. The summed E-state index contributed by atoms with van der Waals surface area (Å²) in [6.45, 7) is 2.07. The van der Waals surface area contributed by atoms with E-state index in [2.05, 4.69) is 6.92 Å². The predicted molar refractivity (Wildman–Crippen MR) is 54.6 cm³/mol. The van der Waals surface area contributed by atoms with E-state index in [0.29, 0.717) is 0 Å². The van der Waals surface area contributed by atoms with Crippen LogP contribution >= 0.6 is 0 Å².